The molecule has 7 heteroatoms. The van der Waals surface area contributed by atoms with E-state index in [9.17, 15) is 20.2 Å². The van der Waals surface area contributed by atoms with Crippen molar-refractivity contribution >= 4 is 17.1 Å². The Labute approximate surface area is 138 Å². The summed E-state index contributed by atoms with van der Waals surface area (Å²) in [4.78, 5) is 23.1. The fourth-order valence-corrected chi connectivity index (χ4v) is 3.29. The van der Waals surface area contributed by atoms with E-state index in [1.165, 1.54) is 12.1 Å². The van der Waals surface area contributed by atoms with Crippen molar-refractivity contribution in [1.82, 2.24) is 0 Å². The van der Waals surface area contributed by atoms with Crippen LogP contribution < -0.4 is 4.90 Å². The van der Waals surface area contributed by atoms with Gasteiger partial charge in [-0.05, 0) is 31.4 Å². The largest absolute Gasteiger partial charge is 0.359 e. The van der Waals surface area contributed by atoms with E-state index in [2.05, 4.69) is 6.07 Å². The van der Waals surface area contributed by atoms with Crippen LogP contribution in [-0.2, 0) is 0 Å². The first-order valence-electron chi connectivity index (χ1n) is 7.73. The molecule has 7 nitrogen and oxygen atoms in total. The van der Waals surface area contributed by atoms with Crippen LogP contribution >= 0.6 is 0 Å². The number of benzene rings is 2. The van der Waals surface area contributed by atoms with E-state index in [0.717, 1.165) is 30.0 Å². The van der Waals surface area contributed by atoms with Crippen LogP contribution in [0.5, 0.6) is 0 Å². The van der Waals surface area contributed by atoms with Crippen LogP contribution in [0.2, 0.25) is 0 Å². The normalized spacial score (nSPS) is 17.0. The lowest BCUT2D eigenvalue weighted by molar-refractivity contribution is -0.393. The maximum Gasteiger partial charge on any atom is 0.299 e. The number of aryl methyl sites for hydroxylation is 1. The zero-order chi connectivity index (χ0) is 17.3. The summed E-state index contributed by atoms with van der Waals surface area (Å²) in [6.07, 6.45) is 1.82. The molecule has 3 rings (SSSR count). The van der Waals surface area contributed by atoms with Crippen LogP contribution in [-0.4, -0.2) is 16.4 Å². The molecule has 1 aliphatic heterocycles. The first kappa shape index (κ1) is 15.9. The van der Waals surface area contributed by atoms with Gasteiger partial charge in [0, 0.05) is 12.6 Å². The Hall–Kier alpha value is -2.96. The summed E-state index contributed by atoms with van der Waals surface area (Å²) in [7, 11) is 0. The van der Waals surface area contributed by atoms with Crippen LogP contribution in [0.3, 0.4) is 0 Å². The number of nitro groups is 2. The molecule has 1 unspecified atom stereocenters. The molecule has 0 spiro atoms. The Kier molecular flexibility index (Phi) is 4.16. The summed E-state index contributed by atoms with van der Waals surface area (Å²) >= 11 is 0. The minimum atomic E-state index is -0.612. The lowest BCUT2D eigenvalue weighted by Gasteiger charge is -2.27. The highest BCUT2D eigenvalue weighted by Gasteiger charge is 2.32. The van der Waals surface area contributed by atoms with Gasteiger partial charge >= 0.3 is 0 Å². The first-order valence-corrected chi connectivity index (χ1v) is 7.73. The molecule has 0 amide bonds. The number of hydrogen-bond donors (Lipinski definition) is 0. The topological polar surface area (TPSA) is 89.5 Å². The Morgan fingerprint density at radius 2 is 1.88 bits per heavy atom. The Balaban J connectivity index is 2.03. The monoisotopic (exact) mass is 327 g/mol. The Bertz CT molecular complexity index is 806. The fourth-order valence-electron chi connectivity index (χ4n) is 3.29. The highest BCUT2D eigenvalue weighted by Crippen LogP contribution is 2.41. The molecule has 1 atom stereocenters. The van der Waals surface area contributed by atoms with Gasteiger partial charge in [-0.2, -0.15) is 0 Å². The molecular formula is C17H17N3O4. The van der Waals surface area contributed by atoms with E-state index in [4.69, 9.17) is 0 Å². The highest BCUT2D eigenvalue weighted by molar-refractivity contribution is 5.68. The van der Waals surface area contributed by atoms with Gasteiger partial charge < -0.3 is 4.90 Å². The number of non-ortho nitro benzene ring substituents is 1. The molecule has 1 heterocycles. The van der Waals surface area contributed by atoms with Crippen molar-refractivity contribution in [2.75, 3.05) is 11.4 Å². The van der Waals surface area contributed by atoms with Gasteiger partial charge in [0.1, 0.15) is 5.69 Å². The molecule has 0 N–H and O–H groups in total. The van der Waals surface area contributed by atoms with Crippen molar-refractivity contribution in [2.45, 2.75) is 25.8 Å². The average molecular weight is 327 g/mol. The molecule has 2 aromatic rings. The smallest absolute Gasteiger partial charge is 0.299 e. The molecule has 0 saturated carbocycles. The van der Waals surface area contributed by atoms with Crippen molar-refractivity contribution in [1.29, 1.82) is 0 Å². The van der Waals surface area contributed by atoms with Gasteiger partial charge in [-0.15, -0.1) is 0 Å². The van der Waals surface area contributed by atoms with Crippen LogP contribution in [0.15, 0.2) is 42.5 Å². The van der Waals surface area contributed by atoms with Gasteiger partial charge in [0.15, 0.2) is 0 Å². The minimum absolute atomic E-state index is 0.0463. The van der Waals surface area contributed by atoms with Gasteiger partial charge in [0.2, 0.25) is 0 Å². The van der Waals surface area contributed by atoms with Crippen LogP contribution in [0.25, 0.3) is 0 Å². The Morgan fingerprint density at radius 3 is 2.54 bits per heavy atom. The maximum absolute atomic E-state index is 11.4. The van der Waals surface area contributed by atoms with E-state index in [-0.39, 0.29) is 17.4 Å². The molecule has 0 aliphatic carbocycles. The van der Waals surface area contributed by atoms with Crippen molar-refractivity contribution in [3.8, 4) is 0 Å². The molecule has 0 aromatic heterocycles. The lowest BCUT2D eigenvalue weighted by atomic mass is 10.0. The van der Waals surface area contributed by atoms with Gasteiger partial charge in [-0.25, -0.2) is 0 Å². The summed E-state index contributed by atoms with van der Waals surface area (Å²) in [5.41, 5.74) is 2.20. The zero-order valence-corrected chi connectivity index (χ0v) is 13.2. The third kappa shape index (κ3) is 2.92. The molecule has 24 heavy (non-hydrogen) atoms. The second-order valence-corrected chi connectivity index (χ2v) is 5.95. The lowest BCUT2D eigenvalue weighted by Crippen LogP contribution is -2.23. The molecule has 1 saturated heterocycles. The van der Waals surface area contributed by atoms with Gasteiger partial charge in [0.25, 0.3) is 11.4 Å². The van der Waals surface area contributed by atoms with E-state index in [1.807, 2.05) is 30.0 Å². The van der Waals surface area contributed by atoms with Crippen LogP contribution in [0.1, 0.15) is 30.0 Å². The summed E-state index contributed by atoms with van der Waals surface area (Å²) < 4.78 is 0. The van der Waals surface area contributed by atoms with E-state index >= 15 is 0 Å². The third-order valence-corrected chi connectivity index (χ3v) is 4.36. The highest BCUT2D eigenvalue weighted by atomic mass is 16.6. The Morgan fingerprint density at radius 1 is 1.08 bits per heavy atom. The SMILES string of the molecule is Cc1cccc(C2CCCN2c2ccc([N+](=O)[O-])cc2[N+](=O)[O-])c1. The number of rotatable bonds is 4. The fraction of sp³-hybridized carbons (Fsp3) is 0.294. The van der Waals surface area contributed by atoms with E-state index in [1.54, 1.807) is 0 Å². The summed E-state index contributed by atoms with van der Waals surface area (Å²) in [5, 5.41) is 22.3. The second kappa shape index (κ2) is 6.27. The van der Waals surface area contributed by atoms with E-state index in [0.29, 0.717) is 12.2 Å². The summed E-state index contributed by atoms with van der Waals surface area (Å²) in [6.45, 7) is 2.70. The minimum Gasteiger partial charge on any atom is -0.359 e. The standard InChI is InChI=1S/C17H17N3O4/c1-12-4-2-5-13(10-12)15-6-3-9-18(15)16-8-7-14(19(21)22)11-17(16)20(23)24/h2,4-5,7-8,10-11,15H,3,6,9H2,1H3. The third-order valence-electron chi connectivity index (χ3n) is 4.36. The van der Waals surface area contributed by atoms with Crippen molar-refractivity contribution in [3.05, 3.63) is 73.8 Å². The van der Waals surface area contributed by atoms with Gasteiger partial charge in [-0.1, -0.05) is 29.8 Å². The number of anilines is 1. The van der Waals surface area contributed by atoms with Gasteiger partial charge in [0.05, 0.1) is 22.0 Å². The molecule has 2 aromatic carbocycles. The predicted molar refractivity (Wildman–Crippen MR) is 90.3 cm³/mol. The second-order valence-electron chi connectivity index (χ2n) is 5.95. The first-order chi connectivity index (χ1) is 11.5. The number of hydrogen-bond acceptors (Lipinski definition) is 5. The van der Waals surface area contributed by atoms with Crippen LogP contribution in [0, 0.1) is 27.2 Å². The summed E-state index contributed by atoms with van der Waals surface area (Å²) in [5.74, 6) is 0. The van der Waals surface area contributed by atoms with E-state index < -0.39 is 9.85 Å². The average Bonchev–Trinajstić information content (AvgIpc) is 3.03. The molecule has 1 fully saturated rings. The van der Waals surface area contributed by atoms with Crippen LogP contribution in [0.4, 0.5) is 17.1 Å². The van der Waals surface area contributed by atoms with Crippen molar-refractivity contribution < 1.29 is 9.85 Å². The van der Waals surface area contributed by atoms with Crippen molar-refractivity contribution in [3.63, 3.8) is 0 Å². The number of nitrogens with zero attached hydrogens (tertiary/aromatic N) is 3. The molecule has 124 valence electrons. The van der Waals surface area contributed by atoms with Crippen molar-refractivity contribution in [2.24, 2.45) is 0 Å². The molecular weight excluding hydrogens is 310 g/mol. The summed E-state index contributed by atoms with van der Waals surface area (Å²) in [6, 6.07) is 12.0. The molecule has 0 radical (unpaired) electrons. The zero-order valence-electron chi connectivity index (χ0n) is 13.2. The predicted octanol–water partition coefficient (Wildman–Crippen LogP) is 4.15. The number of nitro benzene ring substituents is 2. The molecule has 1 aliphatic rings. The molecule has 0 bridgehead atoms. The quantitative estimate of drug-likeness (QED) is 0.621. The van der Waals surface area contributed by atoms with Gasteiger partial charge in [-0.3, -0.25) is 20.2 Å². The maximum atomic E-state index is 11.4.